The lowest BCUT2D eigenvalue weighted by Crippen LogP contribution is -2.13. The fourth-order valence-corrected chi connectivity index (χ4v) is 2.28. The first-order chi connectivity index (χ1) is 12.0. The van der Waals surface area contributed by atoms with Crippen molar-refractivity contribution in [3.63, 3.8) is 0 Å². The van der Waals surface area contributed by atoms with Crippen LogP contribution in [0.4, 0.5) is 17.2 Å². The summed E-state index contributed by atoms with van der Waals surface area (Å²) >= 11 is 0. The lowest BCUT2D eigenvalue weighted by Gasteiger charge is -2.12. The standard InChI is InChI=1S/C18H18N4O3/c1-11-4-7-16(24-3)15(8-11)20-13-5-6-14(19-10-13)18(23)21-17-9-12(2)25-22-17/h4-10,20H,1-3H3,(H,21,22,23). The number of amides is 1. The molecule has 3 rings (SSSR count). The van der Waals surface area contributed by atoms with Gasteiger partial charge < -0.3 is 19.9 Å². The summed E-state index contributed by atoms with van der Waals surface area (Å²) in [5.41, 5.74) is 2.97. The summed E-state index contributed by atoms with van der Waals surface area (Å²) in [6, 6.07) is 10.9. The summed E-state index contributed by atoms with van der Waals surface area (Å²) in [6.07, 6.45) is 1.59. The second-order valence-electron chi connectivity index (χ2n) is 5.54. The van der Waals surface area contributed by atoms with Crippen LogP contribution in [0.5, 0.6) is 5.75 Å². The zero-order valence-electron chi connectivity index (χ0n) is 14.2. The molecule has 7 heteroatoms. The van der Waals surface area contributed by atoms with Gasteiger partial charge in [-0.2, -0.15) is 0 Å². The topological polar surface area (TPSA) is 89.3 Å². The molecule has 2 aromatic heterocycles. The Morgan fingerprint density at radius 2 is 2.00 bits per heavy atom. The first-order valence-corrected chi connectivity index (χ1v) is 7.67. The summed E-state index contributed by atoms with van der Waals surface area (Å²) in [6.45, 7) is 3.75. The molecule has 7 nitrogen and oxygen atoms in total. The van der Waals surface area contributed by atoms with Gasteiger partial charge in [-0.05, 0) is 43.7 Å². The lowest BCUT2D eigenvalue weighted by molar-refractivity contribution is 0.102. The highest BCUT2D eigenvalue weighted by Gasteiger charge is 2.11. The Labute approximate surface area is 145 Å². The van der Waals surface area contributed by atoms with Crippen molar-refractivity contribution in [2.24, 2.45) is 0 Å². The number of aryl methyl sites for hydroxylation is 2. The summed E-state index contributed by atoms with van der Waals surface area (Å²) < 4.78 is 10.3. The molecule has 0 radical (unpaired) electrons. The average Bonchev–Trinajstić information content (AvgIpc) is 3.00. The molecule has 2 N–H and O–H groups in total. The Bertz CT molecular complexity index is 888. The van der Waals surface area contributed by atoms with Gasteiger partial charge in [0.1, 0.15) is 17.2 Å². The van der Waals surface area contributed by atoms with E-state index >= 15 is 0 Å². The maximum absolute atomic E-state index is 12.1. The maximum atomic E-state index is 12.1. The molecule has 1 amide bonds. The van der Waals surface area contributed by atoms with Crippen LogP contribution in [0.15, 0.2) is 47.1 Å². The van der Waals surface area contributed by atoms with E-state index in [2.05, 4.69) is 20.8 Å². The number of anilines is 3. The number of benzene rings is 1. The third-order valence-corrected chi connectivity index (χ3v) is 3.50. The second kappa shape index (κ2) is 7.04. The number of nitrogens with zero attached hydrogens (tertiary/aromatic N) is 2. The van der Waals surface area contributed by atoms with E-state index in [1.54, 1.807) is 38.4 Å². The van der Waals surface area contributed by atoms with Crippen molar-refractivity contribution in [3.05, 3.63) is 59.6 Å². The van der Waals surface area contributed by atoms with Gasteiger partial charge in [-0.25, -0.2) is 4.98 Å². The van der Waals surface area contributed by atoms with E-state index in [9.17, 15) is 4.79 Å². The van der Waals surface area contributed by atoms with Crippen LogP contribution in [0.25, 0.3) is 0 Å². The van der Waals surface area contributed by atoms with Crippen LogP contribution in [-0.2, 0) is 0 Å². The molecule has 0 saturated heterocycles. The predicted molar refractivity (Wildman–Crippen MR) is 94.4 cm³/mol. The highest BCUT2D eigenvalue weighted by molar-refractivity contribution is 6.02. The van der Waals surface area contributed by atoms with Gasteiger partial charge >= 0.3 is 0 Å². The zero-order chi connectivity index (χ0) is 17.8. The lowest BCUT2D eigenvalue weighted by atomic mass is 10.2. The molecule has 0 fully saturated rings. The van der Waals surface area contributed by atoms with Gasteiger partial charge in [0.2, 0.25) is 0 Å². The molecule has 1 aromatic carbocycles. The molecule has 0 atom stereocenters. The van der Waals surface area contributed by atoms with Crippen LogP contribution in [0.3, 0.4) is 0 Å². The Morgan fingerprint density at radius 1 is 1.16 bits per heavy atom. The quantitative estimate of drug-likeness (QED) is 0.737. The number of nitrogens with one attached hydrogen (secondary N) is 2. The molecule has 0 aliphatic rings. The van der Waals surface area contributed by atoms with Gasteiger partial charge in [-0.1, -0.05) is 11.2 Å². The number of methoxy groups -OCH3 is 1. The van der Waals surface area contributed by atoms with Crippen LogP contribution < -0.4 is 15.4 Å². The summed E-state index contributed by atoms with van der Waals surface area (Å²) in [5, 5.41) is 9.59. The first kappa shape index (κ1) is 16.5. The summed E-state index contributed by atoms with van der Waals surface area (Å²) in [5.74, 6) is 1.35. The molecule has 128 valence electrons. The molecule has 0 spiro atoms. The average molecular weight is 338 g/mol. The van der Waals surface area contributed by atoms with Crippen molar-refractivity contribution in [2.45, 2.75) is 13.8 Å². The van der Waals surface area contributed by atoms with E-state index in [0.717, 1.165) is 22.7 Å². The van der Waals surface area contributed by atoms with E-state index in [0.29, 0.717) is 11.6 Å². The Balaban J connectivity index is 1.72. The largest absolute Gasteiger partial charge is 0.495 e. The number of rotatable bonds is 5. The van der Waals surface area contributed by atoms with E-state index in [-0.39, 0.29) is 11.6 Å². The van der Waals surface area contributed by atoms with Crippen LogP contribution in [0, 0.1) is 13.8 Å². The van der Waals surface area contributed by atoms with E-state index in [4.69, 9.17) is 9.26 Å². The smallest absolute Gasteiger partial charge is 0.275 e. The Hall–Kier alpha value is -3.35. The van der Waals surface area contributed by atoms with Crippen molar-refractivity contribution in [1.29, 1.82) is 0 Å². The number of pyridine rings is 1. The second-order valence-corrected chi connectivity index (χ2v) is 5.54. The molecule has 0 aliphatic carbocycles. The minimum atomic E-state index is -0.354. The third kappa shape index (κ3) is 3.95. The van der Waals surface area contributed by atoms with Gasteiger partial charge in [0, 0.05) is 6.07 Å². The number of hydrogen-bond acceptors (Lipinski definition) is 6. The molecule has 25 heavy (non-hydrogen) atoms. The van der Waals surface area contributed by atoms with Crippen molar-refractivity contribution in [2.75, 3.05) is 17.7 Å². The van der Waals surface area contributed by atoms with Crippen LogP contribution in [0.1, 0.15) is 21.8 Å². The van der Waals surface area contributed by atoms with Crippen molar-refractivity contribution in [3.8, 4) is 5.75 Å². The minimum Gasteiger partial charge on any atom is -0.495 e. The van der Waals surface area contributed by atoms with Gasteiger partial charge in [0.25, 0.3) is 5.91 Å². The van der Waals surface area contributed by atoms with Crippen LogP contribution in [-0.4, -0.2) is 23.2 Å². The van der Waals surface area contributed by atoms with E-state index in [1.165, 1.54) is 0 Å². The highest BCUT2D eigenvalue weighted by Crippen LogP contribution is 2.28. The fourth-order valence-electron chi connectivity index (χ4n) is 2.28. The predicted octanol–water partition coefficient (Wildman–Crippen LogP) is 3.69. The van der Waals surface area contributed by atoms with Gasteiger partial charge in [0.15, 0.2) is 5.82 Å². The molecule has 0 aliphatic heterocycles. The molecule has 0 unspecified atom stereocenters. The minimum absolute atomic E-state index is 0.280. The molecular weight excluding hydrogens is 320 g/mol. The van der Waals surface area contributed by atoms with E-state index < -0.39 is 0 Å². The third-order valence-electron chi connectivity index (χ3n) is 3.50. The van der Waals surface area contributed by atoms with Gasteiger partial charge in [-0.3, -0.25) is 4.79 Å². The SMILES string of the molecule is COc1ccc(C)cc1Nc1ccc(C(=O)Nc2cc(C)on2)nc1. The summed E-state index contributed by atoms with van der Waals surface area (Å²) in [7, 11) is 1.62. The molecular formula is C18H18N4O3. The number of aromatic nitrogens is 2. The van der Waals surface area contributed by atoms with Crippen LogP contribution in [0.2, 0.25) is 0 Å². The molecule has 0 saturated carbocycles. The number of carbonyl (C=O) groups excluding carboxylic acids is 1. The molecule has 2 heterocycles. The normalized spacial score (nSPS) is 10.4. The summed E-state index contributed by atoms with van der Waals surface area (Å²) in [4.78, 5) is 16.3. The Morgan fingerprint density at radius 3 is 2.64 bits per heavy atom. The van der Waals surface area contributed by atoms with Crippen molar-refractivity contribution in [1.82, 2.24) is 10.1 Å². The van der Waals surface area contributed by atoms with E-state index in [1.807, 2.05) is 25.1 Å². The van der Waals surface area contributed by atoms with Crippen molar-refractivity contribution < 1.29 is 14.1 Å². The highest BCUT2D eigenvalue weighted by atomic mass is 16.5. The monoisotopic (exact) mass is 338 g/mol. The molecule has 0 bridgehead atoms. The number of ether oxygens (including phenoxy) is 1. The van der Waals surface area contributed by atoms with Gasteiger partial charge in [-0.15, -0.1) is 0 Å². The van der Waals surface area contributed by atoms with Crippen LogP contribution >= 0.6 is 0 Å². The number of hydrogen-bond donors (Lipinski definition) is 2. The molecule has 3 aromatic rings. The Kier molecular flexibility index (Phi) is 4.65. The fraction of sp³-hybridized carbons (Fsp3) is 0.167. The number of carbonyl (C=O) groups is 1. The maximum Gasteiger partial charge on any atom is 0.275 e. The zero-order valence-corrected chi connectivity index (χ0v) is 14.2. The van der Waals surface area contributed by atoms with Crippen molar-refractivity contribution >= 4 is 23.1 Å². The van der Waals surface area contributed by atoms with Gasteiger partial charge in [0.05, 0.1) is 24.7 Å². The first-order valence-electron chi connectivity index (χ1n) is 7.67.